The fraction of sp³-hybridized carbons (Fsp3) is 0.381. The summed E-state index contributed by atoms with van der Waals surface area (Å²) in [5.41, 5.74) is 10.8. The second-order valence-corrected chi connectivity index (χ2v) is 6.13. The average molecular weight is 343 g/mol. The van der Waals surface area contributed by atoms with Gasteiger partial charge < -0.3 is 15.6 Å². The van der Waals surface area contributed by atoms with E-state index in [4.69, 9.17) is 15.6 Å². The molecule has 0 fully saturated rings. The van der Waals surface area contributed by atoms with Gasteiger partial charge in [0.1, 0.15) is 17.5 Å². The van der Waals surface area contributed by atoms with Crippen LogP contribution < -0.4 is 10.5 Å². The SMILES string of the molecule is CC.Cc1cc(C)cc(Oc2c(C)cc(CC(N)C(=O)O)cc2C)c1. The van der Waals surface area contributed by atoms with E-state index < -0.39 is 12.0 Å². The zero-order chi connectivity index (χ0) is 19.1. The Morgan fingerprint density at radius 3 is 1.92 bits per heavy atom. The van der Waals surface area contributed by atoms with E-state index in [1.165, 1.54) is 0 Å². The van der Waals surface area contributed by atoms with Crippen molar-refractivity contribution in [2.24, 2.45) is 5.73 Å². The Bertz CT molecular complexity index is 695. The summed E-state index contributed by atoms with van der Waals surface area (Å²) in [6.45, 7) is 12.0. The lowest BCUT2D eigenvalue weighted by molar-refractivity contribution is -0.138. The maximum atomic E-state index is 10.9. The summed E-state index contributed by atoms with van der Waals surface area (Å²) in [7, 11) is 0. The molecule has 0 bridgehead atoms. The molecule has 0 aromatic heterocycles. The molecule has 3 N–H and O–H groups in total. The molecule has 4 nitrogen and oxygen atoms in total. The van der Waals surface area contributed by atoms with Crippen LogP contribution in [0, 0.1) is 27.7 Å². The summed E-state index contributed by atoms with van der Waals surface area (Å²) in [5.74, 6) is 0.627. The molecule has 136 valence electrons. The highest BCUT2D eigenvalue weighted by atomic mass is 16.5. The van der Waals surface area contributed by atoms with E-state index in [0.29, 0.717) is 6.42 Å². The number of aliphatic carboxylic acids is 1. The first-order chi connectivity index (χ1) is 11.8. The molecule has 2 aromatic rings. The monoisotopic (exact) mass is 343 g/mol. The standard InChI is InChI=1S/C19H23NO3.C2H6/c1-11-5-12(2)7-16(6-11)23-18-13(3)8-15(9-14(18)4)10-17(20)19(21)22;1-2/h5-9,17H,10,20H2,1-4H3,(H,21,22);1-2H3. The molecular weight excluding hydrogens is 314 g/mol. The molecule has 0 amide bonds. The first-order valence-corrected chi connectivity index (χ1v) is 8.61. The number of hydrogen-bond donors (Lipinski definition) is 2. The van der Waals surface area contributed by atoms with Crippen molar-refractivity contribution in [1.29, 1.82) is 0 Å². The van der Waals surface area contributed by atoms with Gasteiger partial charge in [0.2, 0.25) is 0 Å². The van der Waals surface area contributed by atoms with Crippen molar-refractivity contribution in [3.05, 3.63) is 58.1 Å². The third kappa shape index (κ3) is 5.91. The van der Waals surface area contributed by atoms with Crippen molar-refractivity contribution in [3.8, 4) is 11.5 Å². The van der Waals surface area contributed by atoms with Crippen LogP contribution in [0.3, 0.4) is 0 Å². The summed E-state index contributed by atoms with van der Waals surface area (Å²) in [6, 6.07) is 9.09. The summed E-state index contributed by atoms with van der Waals surface area (Å²) in [6.07, 6.45) is 0.306. The Hall–Kier alpha value is -2.33. The van der Waals surface area contributed by atoms with E-state index >= 15 is 0 Å². The Kier molecular flexibility index (Phi) is 7.65. The van der Waals surface area contributed by atoms with Gasteiger partial charge in [-0.1, -0.05) is 32.0 Å². The van der Waals surface area contributed by atoms with Crippen LogP contribution in [0.5, 0.6) is 11.5 Å². The maximum absolute atomic E-state index is 10.9. The molecule has 1 unspecified atom stereocenters. The van der Waals surface area contributed by atoms with Gasteiger partial charge in [0.05, 0.1) is 0 Å². The zero-order valence-electron chi connectivity index (χ0n) is 16.0. The molecule has 4 heteroatoms. The Morgan fingerprint density at radius 1 is 1.00 bits per heavy atom. The van der Waals surface area contributed by atoms with Crippen molar-refractivity contribution >= 4 is 5.97 Å². The maximum Gasteiger partial charge on any atom is 0.320 e. The number of rotatable bonds is 5. The van der Waals surface area contributed by atoms with Gasteiger partial charge in [0, 0.05) is 0 Å². The van der Waals surface area contributed by atoms with Gasteiger partial charge in [-0.3, -0.25) is 4.79 Å². The lowest BCUT2D eigenvalue weighted by atomic mass is 10.0. The van der Waals surface area contributed by atoms with Gasteiger partial charge in [0.25, 0.3) is 0 Å². The molecule has 0 aliphatic carbocycles. The van der Waals surface area contributed by atoms with Crippen LogP contribution in [0.15, 0.2) is 30.3 Å². The molecule has 0 saturated heterocycles. The third-order valence-electron chi connectivity index (χ3n) is 3.71. The van der Waals surface area contributed by atoms with Crippen LogP contribution in [0.2, 0.25) is 0 Å². The van der Waals surface area contributed by atoms with Crippen molar-refractivity contribution in [2.45, 2.75) is 54.0 Å². The molecule has 25 heavy (non-hydrogen) atoms. The molecule has 1 atom stereocenters. The van der Waals surface area contributed by atoms with E-state index in [1.54, 1.807) is 0 Å². The number of hydrogen-bond acceptors (Lipinski definition) is 3. The van der Waals surface area contributed by atoms with Crippen LogP contribution in [0.4, 0.5) is 0 Å². The highest BCUT2D eigenvalue weighted by Gasteiger charge is 2.15. The summed E-state index contributed by atoms with van der Waals surface area (Å²) < 4.78 is 6.06. The molecule has 0 aliphatic heterocycles. The Labute approximate surface area is 150 Å². The van der Waals surface area contributed by atoms with Crippen molar-refractivity contribution < 1.29 is 14.6 Å². The van der Waals surface area contributed by atoms with E-state index in [0.717, 1.165) is 39.3 Å². The quantitative estimate of drug-likeness (QED) is 0.826. The van der Waals surface area contributed by atoms with Crippen LogP contribution >= 0.6 is 0 Å². The van der Waals surface area contributed by atoms with Gasteiger partial charge in [-0.2, -0.15) is 0 Å². The van der Waals surface area contributed by atoms with Gasteiger partial charge in [-0.15, -0.1) is 0 Å². The second kappa shape index (κ2) is 9.23. The second-order valence-electron chi connectivity index (χ2n) is 6.13. The lowest BCUT2D eigenvalue weighted by Crippen LogP contribution is -2.32. The topological polar surface area (TPSA) is 72.5 Å². The van der Waals surface area contributed by atoms with Crippen molar-refractivity contribution in [1.82, 2.24) is 0 Å². The molecule has 0 aliphatic rings. The first kappa shape index (κ1) is 20.7. The fourth-order valence-electron chi connectivity index (χ4n) is 2.77. The molecule has 0 radical (unpaired) electrons. The Morgan fingerprint density at radius 2 is 1.48 bits per heavy atom. The average Bonchev–Trinajstić information content (AvgIpc) is 2.52. The highest BCUT2D eigenvalue weighted by molar-refractivity contribution is 5.73. The number of nitrogens with two attached hydrogens (primary N) is 1. The predicted octanol–water partition coefficient (Wildman–Crippen LogP) is 4.69. The highest BCUT2D eigenvalue weighted by Crippen LogP contribution is 2.31. The number of ether oxygens (including phenoxy) is 1. The van der Waals surface area contributed by atoms with Crippen LogP contribution in [-0.2, 0) is 11.2 Å². The van der Waals surface area contributed by atoms with Gasteiger partial charge in [0.15, 0.2) is 0 Å². The van der Waals surface area contributed by atoms with Crippen molar-refractivity contribution in [3.63, 3.8) is 0 Å². The van der Waals surface area contributed by atoms with Crippen molar-refractivity contribution in [2.75, 3.05) is 0 Å². The molecule has 0 spiro atoms. The Balaban J connectivity index is 0.00000151. The van der Waals surface area contributed by atoms with E-state index in [1.807, 2.05) is 65.8 Å². The minimum Gasteiger partial charge on any atom is -0.480 e. The summed E-state index contributed by atoms with van der Waals surface area (Å²) in [4.78, 5) is 10.9. The van der Waals surface area contributed by atoms with E-state index in [9.17, 15) is 4.79 Å². The van der Waals surface area contributed by atoms with Crippen LogP contribution in [0.1, 0.15) is 41.7 Å². The minimum atomic E-state index is -0.990. The molecule has 2 rings (SSSR count). The van der Waals surface area contributed by atoms with E-state index in [-0.39, 0.29) is 0 Å². The fourth-order valence-corrected chi connectivity index (χ4v) is 2.77. The van der Waals surface area contributed by atoms with Crippen LogP contribution in [0.25, 0.3) is 0 Å². The summed E-state index contributed by atoms with van der Waals surface area (Å²) >= 11 is 0. The zero-order valence-corrected chi connectivity index (χ0v) is 16.0. The smallest absolute Gasteiger partial charge is 0.320 e. The lowest BCUT2D eigenvalue weighted by Gasteiger charge is -2.15. The number of aryl methyl sites for hydroxylation is 4. The largest absolute Gasteiger partial charge is 0.480 e. The van der Waals surface area contributed by atoms with Gasteiger partial charge in [-0.05, 0) is 74.1 Å². The number of carboxylic acids is 1. The molecule has 2 aromatic carbocycles. The van der Waals surface area contributed by atoms with Crippen LogP contribution in [-0.4, -0.2) is 17.1 Å². The normalized spacial score (nSPS) is 11.3. The third-order valence-corrected chi connectivity index (χ3v) is 3.71. The minimum absolute atomic E-state index is 0.306. The predicted molar refractivity (Wildman–Crippen MR) is 103 cm³/mol. The summed E-state index contributed by atoms with van der Waals surface area (Å²) in [5, 5.41) is 8.93. The van der Waals surface area contributed by atoms with Gasteiger partial charge in [-0.25, -0.2) is 0 Å². The van der Waals surface area contributed by atoms with Gasteiger partial charge >= 0.3 is 5.97 Å². The molecular formula is C21H29NO3. The number of benzene rings is 2. The number of carboxylic acid groups (broad SMARTS) is 1. The molecule has 0 saturated carbocycles. The molecule has 0 heterocycles. The first-order valence-electron chi connectivity index (χ1n) is 8.61. The van der Waals surface area contributed by atoms with E-state index in [2.05, 4.69) is 6.07 Å². The number of carbonyl (C=O) groups is 1.